The molecule has 0 saturated carbocycles. The number of ether oxygens (including phenoxy) is 1. The molecule has 0 atom stereocenters. The summed E-state index contributed by atoms with van der Waals surface area (Å²) in [7, 11) is 0. The molecule has 0 fully saturated rings. The number of allylic oxidation sites excluding steroid dienone is 1. The predicted octanol–water partition coefficient (Wildman–Crippen LogP) is 6.63. The monoisotopic (exact) mass is 442 g/mol. The summed E-state index contributed by atoms with van der Waals surface area (Å²) in [6, 6.07) is 16.2. The van der Waals surface area contributed by atoms with Crippen LogP contribution in [0.15, 0.2) is 59.0 Å². The third kappa shape index (κ3) is 5.83. The summed E-state index contributed by atoms with van der Waals surface area (Å²) in [6.07, 6.45) is 6.99. The van der Waals surface area contributed by atoms with Gasteiger partial charge in [0.1, 0.15) is 5.69 Å². The number of hydrogen-bond donors (Lipinski definition) is 0. The van der Waals surface area contributed by atoms with Crippen LogP contribution in [0, 0.1) is 0 Å². The first-order chi connectivity index (χ1) is 16.0. The van der Waals surface area contributed by atoms with Gasteiger partial charge < -0.3 is 9.15 Å². The zero-order valence-corrected chi connectivity index (χ0v) is 19.7. The van der Waals surface area contributed by atoms with Gasteiger partial charge in [-0.1, -0.05) is 56.3 Å². The van der Waals surface area contributed by atoms with Gasteiger partial charge >= 0.3 is 0 Å². The van der Waals surface area contributed by atoms with Crippen LogP contribution in [0.1, 0.15) is 63.8 Å². The van der Waals surface area contributed by atoms with Gasteiger partial charge in [-0.3, -0.25) is 0 Å². The molecule has 0 N–H and O–H groups in total. The Hall–Kier alpha value is -3.54. The zero-order chi connectivity index (χ0) is 23.2. The number of aromatic nitrogens is 4. The minimum atomic E-state index is 0.0118. The number of fused-ring (bicyclic) bond motifs is 1. The highest BCUT2D eigenvalue weighted by molar-refractivity contribution is 5.80. The second-order valence-corrected chi connectivity index (χ2v) is 8.64. The Bertz CT molecular complexity index is 1240. The molecule has 170 valence electrons. The lowest BCUT2D eigenvalue weighted by Gasteiger charge is -2.14. The molecule has 33 heavy (non-hydrogen) atoms. The standard InChI is InChI=1S/C27H30N4O2/c1-18(2)26-31-30-24(33-26)16-7-5-6-11-20-12-10-13-21(17-20)25-27(32-19(3)4)29-23-15-9-8-14-22(23)28-25/h6,8-15,17-19H,5,7,16H2,1-4H3. The summed E-state index contributed by atoms with van der Waals surface area (Å²) in [5.41, 5.74) is 4.53. The molecule has 2 heterocycles. The number of para-hydroxylation sites is 2. The van der Waals surface area contributed by atoms with Crippen LogP contribution in [0.25, 0.3) is 28.4 Å². The van der Waals surface area contributed by atoms with Crippen LogP contribution >= 0.6 is 0 Å². The summed E-state index contributed by atoms with van der Waals surface area (Å²) in [4.78, 5) is 9.59. The number of benzene rings is 2. The van der Waals surface area contributed by atoms with Crippen molar-refractivity contribution in [1.29, 1.82) is 0 Å². The molecule has 6 nitrogen and oxygen atoms in total. The first-order valence-corrected chi connectivity index (χ1v) is 11.5. The highest BCUT2D eigenvalue weighted by Crippen LogP contribution is 2.30. The molecule has 4 aromatic rings. The van der Waals surface area contributed by atoms with E-state index in [1.807, 2.05) is 50.2 Å². The van der Waals surface area contributed by atoms with Gasteiger partial charge in [0.2, 0.25) is 17.7 Å². The van der Waals surface area contributed by atoms with Crippen LogP contribution in [0.3, 0.4) is 0 Å². The zero-order valence-electron chi connectivity index (χ0n) is 19.7. The van der Waals surface area contributed by atoms with Crippen molar-refractivity contribution in [2.75, 3.05) is 0 Å². The fraction of sp³-hybridized carbons (Fsp3) is 0.333. The lowest BCUT2D eigenvalue weighted by molar-refractivity contribution is 0.234. The average Bonchev–Trinajstić information content (AvgIpc) is 3.28. The van der Waals surface area contributed by atoms with Crippen molar-refractivity contribution in [3.05, 3.63) is 72.0 Å². The summed E-state index contributed by atoms with van der Waals surface area (Å²) in [5.74, 6) is 2.24. The van der Waals surface area contributed by atoms with Crippen molar-refractivity contribution in [3.8, 4) is 17.1 Å². The summed E-state index contributed by atoms with van der Waals surface area (Å²) < 4.78 is 11.7. The van der Waals surface area contributed by atoms with E-state index in [1.54, 1.807) is 0 Å². The Labute approximate surface area is 194 Å². The molecule has 0 amide bonds. The first-order valence-electron chi connectivity index (χ1n) is 11.5. The number of aryl methyl sites for hydroxylation is 1. The van der Waals surface area contributed by atoms with E-state index in [-0.39, 0.29) is 12.0 Å². The lowest BCUT2D eigenvalue weighted by atomic mass is 10.1. The number of unbranched alkanes of at least 4 members (excludes halogenated alkanes) is 1. The third-order valence-corrected chi connectivity index (χ3v) is 5.09. The van der Waals surface area contributed by atoms with Crippen molar-refractivity contribution in [1.82, 2.24) is 20.2 Å². The average molecular weight is 443 g/mol. The molecule has 0 aliphatic heterocycles. The highest BCUT2D eigenvalue weighted by Gasteiger charge is 2.14. The van der Waals surface area contributed by atoms with Gasteiger partial charge in [0.05, 0.1) is 17.1 Å². The van der Waals surface area contributed by atoms with Crippen LogP contribution in [0.4, 0.5) is 0 Å². The van der Waals surface area contributed by atoms with Crippen molar-refractivity contribution in [3.63, 3.8) is 0 Å². The molecule has 0 unspecified atom stereocenters. The van der Waals surface area contributed by atoms with Gasteiger partial charge in [-0.05, 0) is 50.5 Å². The fourth-order valence-corrected chi connectivity index (χ4v) is 3.46. The van der Waals surface area contributed by atoms with E-state index < -0.39 is 0 Å². The van der Waals surface area contributed by atoms with Gasteiger partial charge in [0.25, 0.3) is 0 Å². The van der Waals surface area contributed by atoms with Crippen LogP contribution < -0.4 is 4.74 Å². The lowest BCUT2D eigenvalue weighted by Crippen LogP contribution is -2.09. The number of nitrogens with zero attached hydrogens (tertiary/aromatic N) is 4. The van der Waals surface area contributed by atoms with Crippen LogP contribution in [0.5, 0.6) is 5.88 Å². The third-order valence-electron chi connectivity index (χ3n) is 5.09. The molecule has 4 rings (SSSR count). The Kier molecular flexibility index (Phi) is 7.13. The van der Waals surface area contributed by atoms with E-state index in [2.05, 4.69) is 48.3 Å². The van der Waals surface area contributed by atoms with E-state index in [9.17, 15) is 0 Å². The summed E-state index contributed by atoms with van der Waals surface area (Å²) >= 11 is 0. The molecule has 0 spiro atoms. The maximum atomic E-state index is 6.01. The van der Waals surface area contributed by atoms with Gasteiger partial charge in [0, 0.05) is 17.9 Å². The van der Waals surface area contributed by atoms with E-state index in [0.29, 0.717) is 17.7 Å². The maximum absolute atomic E-state index is 6.01. The molecule has 0 saturated heterocycles. The molecular formula is C27H30N4O2. The maximum Gasteiger partial charge on any atom is 0.241 e. The summed E-state index contributed by atoms with van der Waals surface area (Å²) in [6.45, 7) is 8.10. The molecule has 0 aliphatic rings. The number of rotatable bonds is 9. The van der Waals surface area contributed by atoms with Gasteiger partial charge in [-0.2, -0.15) is 0 Å². The largest absolute Gasteiger partial charge is 0.473 e. The molecular weight excluding hydrogens is 412 g/mol. The van der Waals surface area contributed by atoms with Crippen LogP contribution in [-0.4, -0.2) is 26.3 Å². The highest BCUT2D eigenvalue weighted by atomic mass is 16.5. The molecule has 6 heteroatoms. The second kappa shape index (κ2) is 10.4. The van der Waals surface area contributed by atoms with E-state index in [0.717, 1.165) is 47.1 Å². The topological polar surface area (TPSA) is 73.9 Å². The first kappa shape index (κ1) is 22.6. The second-order valence-electron chi connectivity index (χ2n) is 8.64. The molecule has 0 bridgehead atoms. The Morgan fingerprint density at radius 3 is 2.45 bits per heavy atom. The van der Waals surface area contributed by atoms with Crippen molar-refractivity contribution in [2.45, 2.75) is 59.0 Å². The van der Waals surface area contributed by atoms with Crippen molar-refractivity contribution in [2.24, 2.45) is 0 Å². The normalized spacial score (nSPS) is 11.8. The van der Waals surface area contributed by atoms with Crippen molar-refractivity contribution >= 4 is 17.1 Å². The van der Waals surface area contributed by atoms with E-state index >= 15 is 0 Å². The Morgan fingerprint density at radius 1 is 0.939 bits per heavy atom. The smallest absolute Gasteiger partial charge is 0.241 e. The van der Waals surface area contributed by atoms with E-state index in [1.165, 1.54) is 0 Å². The number of hydrogen-bond acceptors (Lipinski definition) is 6. The molecule has 0 radical (unpaired) electrons. The summed E-state index contributed by atoms with van der Waals surface area (Å²) in [5, 5.41) is 8.21. The van der Waals surface area contributed by atoms with Crippen LogP contribution in [-0.2, 0) is 6.42 Å². The minimum Gasteiger partial charge on any atom is -0.473 e. The SMILES string of the molecule is CC(C)Oc1nc2ccccc2nc1-c1cccc(C=CCCCc2nnc(C(C)C)o2)c1. The van der Waals surface area contributed by atoms with Gasteiger partial charge in [-0.15, -0.1) is 10.2 Å². The molecule has 2 aromatic heterocycles. The fourth-order valence-electron chi connectivity index (χ4n) is 3.46. The quantitative estimate of drug-likeness (QED) is 0.271. The van der Waals surface area contributed by atoms with Crippen molar-refractivity contribution < 1.29 is 9.15 Å². The van der Waals surface area contributed by atoms with Gasteiger partial charge in [-0.25, -0.2) is 9.97 Å². The van der Waals surface area contributed by atoms with E-state index in [4.69, 9.17) is 19.1 Å². The van der Waals surface area contributed by atoms with Crippen LogP contribution in [0.2, 0.25) is 0 Å². The van der Waals surface area contributed by atoms with Gasteiger partial charge in [0.15, 0.2) is 0 Å². The Balaban J connectivity index is 1.47. The molecule has 0 aliphatic carbocycles. The minimum absolute atomic E-state index is 0.0118. The predicted molar refractivity (Wildman–Crippen MR) is 131 cm³/mol. The Morgan fingerprint density at radius 2 is 1.73 bits per heavy atom. The molecule has 2 aromatic carbocycles.